The van der Waals surface area contributed by atoms with Gasteiger partial charge in [0.1, 0.15) is 0 Å². The summed E-state index contributed by atoms with van der Waals surface area (Å²) < 4.78 is 0. The number of halogens is 1. The van der Waals surface area contributed by atoms with Crippen LogP contribution in [0.15, 0.2) is 24.3 Å². The number of rotatable bonds is 7. The van der Waals surface area contributed by atoms with Gasteiger partial charge in [-0.3, -0.25) is 0 Å². The van der Waals surface area contributed by atoms with Crippen LogP contribution in [0.1, 0.15) is 37.8 Å². The Morgan fingerprint density at radius 1 is 1.24 bits per heavy atom. The van der Waals surface area contributed by atoms with E-state index in [1.165, 1.54) is 29.7 Å². The van der Waals surface area contributed by atoms with Gasteiger partial charge >= 0.3 is 0 Å². The van der Waals surface area contributed by atoms with E-state index in [-0.39, 0.29) is 0 Å². The number of aryl methyl sites for hydroxylation is 1. The van der Waals surface area contributed by atoms with Crippen molar-refractivity contribution < 1.29 is 0 Å². The fraction of sp³-hybridized carbons (Fsp3) is 0.600. The molecule has 0 heterocycles. The van der Waals surface area contributed by atoms with Crippen LogP contribution in [0.4, 0.5) is 0 Å². The van der Waals surface area contributed by atoms with Crippen LogP contribution in [0.2, 0.25) is 0 Å². The van der Waals surface area contributed by atoms with E-state index >= 15 is 0 Å². The molecule has 0 aliphatic carbocycles. The quantitative estimate of drug-likeness (QED) is 0.605. The highest BCUT2D eigenvalue weighted by atomic mass is 79.9. The van der Waals surface area contributed by atoms with Crippen molar-refractivity contribution >= 4 is 27.7 Å². The van der Waals surface area contributed by atoms with Crippen LogP contribution in [0.5, 0.6) is 0 Å². The molecule has 1 rings (SSSR count). The van der Waals surface area contributed by atoms with Gasteiger partial charge in [-0.2, -0.15) is 11.8 Å². The zero-order valence-corrected chi connectivity index (χ0v) is 13.5. The summed E-state index contributed by atoms with van der Waals surface area (Å²) in [6, 6.07) is 8.84. The third-order valence-corrected chi connectivity index (χ3v) is 6.09. The Hall–Kier alpha value is 0.0500. The molecule has 0 aliphatic heterocycles. The van der Waals surface area contributed by atoms with Crippen LogP contribution in [0.3, 0.4) is 0 Å². The monoisotopic (exact) mass is 314 g/mol. The lowest BCUT2D eigenvalue weighted by Gasteiger charge is -2.29. The van der Waals surface area contributed by atoms with E-state index in [1.54, 1.807) is 0 Å². The first-order chi connectivity index (χ1) is 8.15. The van der Waals surface area contributed by atoms with Gasteiger partial charge in [-0.15, -0.1) is 0 Å². The number of hydrogen-bond donors (Lipinski definition) is 0. The van der Waals surface area contributed by atoms with Crippen molar-refractivity contribution in [1.82, 2.24) is 0 Å². The Morgan fingerprint density at radius 3 is 2.47 bits per heavy atom. The largest absolute Gasteiger partial charge is 0.157 e. The van der Waals surface area contributed by atoms with Crippen molar-refractivity contribution in [3.63, 3.8) is 0 Å². The normalized spacial score (nSPS) is 11.8. The molecule has 0 spiro atoms. The molecule has 2 heteroatoms. The smallest absolute Gasteiger partial charge is 0.0184 e. The van der Waals surface area contributed by atoms with E-state index in [1.807, 2.05) is 0 Å². The maximum atomic E-state index is 3.68. The second-order valence-electron chi connectivity index (χ2n) is 4.82. The number of hydrogen-bond acceptors (Lipinski definition) is 1. The first-order valence-electron chi connectivity index (χ1n) is 6.35. The first-order valence-corrected chi connectivity index (χ1v) is 8.62. The average Bonchev–Trinajstić information content (AvgIpc) is 2.35. The zero-order chi connectivity index (χ0) is 12.7. The highest BCUT2D eigenvalue weighted by Gasteiger charge is 2.24. The Balaban J connectivity index is 2.46. The van der Waals surface area contributed by atoms with Crippen LogP contribution in [-0.4, -0.2) is 11.1 Å². The van der Waals surface area contributed by atoms with Gasteiger partial charge in [0.25, 0.3) is 0 Å². The van der Waals surface area contributed by atoms with E-state index in [9.17, 15) is 0 Å². The molecule has 0 nitrogen and oxygen atoms in total. The third-order valence-electron chi connectivity index (χ3n) is 3.54. The summed E-state index contributed by atoms with van der Waals surface area (Å²) in [4.78, 5) is 0. The lowest BCUT2D eigenvalue weighted by molar-refractivity contribution is 0.359. The summed E-state index contributed by atoms with van der Waals surface area (Å²) in [5, 5.41) is 1.12. The van der Waals surface area contributed by atoms with Gasteiger partial charge < -0.3 is 0 Å². The van der Waals surface area contributed by atoms with E-state index in [2.05, 4.69) is 72.7 Å². The van der Waals surface area contributed by atoms with Gasteiger partial charge in [-0.1, -0.05) is 59.6 Å². The van der Waals surface area contributed by atoms with Gasteiger partial charge in [0.2, 0.25) is 0 Å². The fourth-order valence-corrected chi connectivity index (χ4v) is 4.58. The molecule has 0 amide bonds. The maximum absolute atomic E-state index is 3.68. The fourth-order valence-electron chi connectivity index (χ4n) is 1.87. The summed E-state index contributed by atoms with van der Waals surface area (Å²) in [6.07, 6.45) is 2.52. The molecule has 0 saturated carbocycles. The van der Waals surface area contributed by atoms with Crippen molar-refractivity contribution in [3.8, 4) is 0 Å². The van der Waals surface area contributed by atoms with Gasteiger partial charge in [0.15, 0.2) is 0 Å². The van der Waals surface area contributed by atoms with Crippen molar-refractivity contribution in [2.45, 2.75) is 39.4 Å². The van der Waals surface area contributed by atoms with E-state index in [4.69, 9.17) is 0 Å². The molecule has 0 aromatic heterocycles. The molecule has 0 radical (unpaired) electrons. The molecule has 0 atom stereocenters. The minimum atomic E-state index is 0.481. The standard InChI is InChI=1S/C15H23BrS/c1-4-15(5-2,11-16)12-17-10-14-8-6-7-13(3)9-14/h6-9H,4-5,10-12H2,1-3H3. The highest BCUT2D eigenvalue weighted by molar-refractivity contribution is 9.09. The molecule has 0 N–H and O–H groups in total. The molecule has 0 unspecified atom stereocenters. The predicted octanol–water partition coefficient (Wildman–Crippen LogP) is 5.43. The minimum absolute atomic E-state index is 0.481. The lowest BCUT2D eigenvalue weighted by Crippen LogP contribution is -2.23. The molecule has 0 bridgehead atoms. The van der Waals surface area contributed by atoms with Crippen LogP contribution >= 0.6 is 27.7 Å². The molecule has 17 heavy (non-hydrogen) atoms. The number of benzene rings is 1. The number of thioether (sulfide) groups is 1. The topological polar surface area (TPSA) is 0 Å². The maximum Gasteiger partial charge on any atom is 0.0184 e. The van der Waals surface area contributed by atoms with Crippen molar-refractivity contribution in [1.29, 1.82) is 0 Å². The van der Waals surface area contributed by atoms with E-state index < -0.39 is 0 Å². The van der Waals surface area contributed by atoms with Crippen LogP contribution in [0.25, 0.3) is 0 Å². The Kier molecular flexibility index (Phi) is 6.65. The first kappa shape index (κ1) is 15.1. The summed E-state index contributed by atoms with van der Waals surface area (Å²) >= 11 is 5.74. The zero-order valence-electron chi connectivity index (χ0n) is 11.1. The van der Waals surface area contributed by atoms with Crippen LogP contribution in [-0.2, 0) is 5.75 Å². The molecular weight excluding hydrogens is 292 g/mol. The average molecular weight is 315 g/mol. The predicted molar refractivity (Wildman–Crippen MR) is 84.2 cm³/mol. The SMILES string of the molecule is CCC(CC)(CBr)CSCc1cccc(C)c1. The Bertz CT molecular complexity index is 323. The van der Waals surface area contributed by atoms with Crippen LogP contribution in [0, 0.1) is 12.3 Å². The van der Waals surface area contributed by atoms with Gasteiger partial charge in [0, 0.05) is 16.8 Å². The second-order valence-corrected chi connectivity index (χ2v) is 6.37. The van der Waals surface area contributed by atoms with Gasteiger partial charge in [0.05, 0.1) is 0 Å². The van der Waals surface area contributed by atoms with Crippen molar-refractivity contribution in [2.24, 2.45) is 5.41 Å². The summed E-state index contributed by atoms with van der Waals surface area (Å²) in [7, 11) is 0. The highest BCUT2D eigenvalue weighted by Crippen LogP contribution is 2.33. The van der Waals surface area contributed by atoms with Gasteiger partial charge in [-0.25, -0.2) is 0 Å². The van der Waals surface area contributed by atoms with Gasteiger partial charge in [-0.05, 0) is 30.7 Å². The number of alkyl halides is 1. The van der Waals surface area contributed by atoms with Crippen molar-refractivity contribution in [3.05, 3.63) is 35.4 Å². The second kappa shape index (κ2) is 7.48. The van der Waals surface area contributed by atoms with Crippen molar-refractivity contribution in [2.75, 3.05) is 11.1 Å². The third kappa shape index (κ3) is 4.67. The summed E-state index contributed by atoms with van der Waals surface area (Å²) in [5.41, 5.74) is 3.29. The molecule has 1 aromatic rings. The molecular formula is C15H23BrS. The molecule has 0 fully saturated rings. The lowest BCUT2D eigenvalue weighted by atomic mass is 9.87. The minimum Gasteiger partial charge on any atom is -0.157 e. The van der Waals surface area contributed by atoms with Crippen LogP contribution < -0.4 is 0 Å². The Labute approximate surface area is 119 Å². The summed E-state index contributed by atoms with van der Waals surface area (Å²) in [5.74, 6) is 2.38. The molecule has 1 aromatic carbocycles. The molecule has 0 saturated heterocycles. The van der Waals surface area contributed by atoms with E-state index in [0.29, 0.717) is 5.41 Å². The summed E-state index contributed by atoms with van der Waals surface area (Å²) in [6.45, 7) is 6.77. The van der Waals surface area contributed by atoms with E-state index in [0.717, 1.165) is 11.1 Å². The molecule has 96 valence electrons. The Morgan fingerprint density at radius 2 is 1.94 bits per heavy atom. The molecule has 0 aliphatic rings.